The standard InChI is InChI=1S/C7H11N3O/c1-7(2,11-8)6-3-4-9-5-10-6/h3-5H,8H2,1-2H3. The summed E-state index contributed by atoms with van der Waals surface area (Å²) in [4.78, 5) is 12.5. The zero-order chi connectivity index (χ0) is 8.32. The highest BCUT2D eigenvalue weighted by atomic mass is 16.6. The lowest BCUT2D eigenvalue weighted by Crippen LogP contribution is -2.26. The maximum atomic E-state index is 5.08. The molecule has 0 saturated carbocycles. The number of nitrogens with two attached hydrogens (primary N) is 1. The van der Waals surface area contributed by atoms with Crippen molar-refractivity contribution in [3.8, 4) is 0 Å². The molecule has 1 rings (SSSR count). The molecule has 60 valence electrons. The molecule has 11 heavy (non-hydrogen) atoms. The first-order valence-corrected chi connectivity index (χ1v) is 3.31. The minimum Gasteiger partial charge on any atom is -0.292 e. The van der Waals surface area contributed by atoms with Crippen molar-refractivity contribution in [3.63, 3.8) is 0 Å². The monoisotopic (exact) mass is 153 g/mol. The quantitative estimate of drug-likeness (QED) is 0.632. The van der Waals surface area contributed by atoms with E-state index in [1.54, 1.807) is 12.3 Å². The van der Waals surface area contributed by atoms with Crippen molar-refractivity contribution in [2.75, 3.05) is 0 Å². The number of rotatable bonds is 2. The molecule has 0 unspecified atom stereocenters. The van der Waals surface area contributed by atoms with E-state index in [4.69, 9.17) is 10.7 Å². The maximum Gasteiger partial charge on any atom is 0.126 e. The Kier molecular flexibility index (Phi) is 2.16. The molecule has 0 aliphatic rings. The van der Waals surface area contributed by atoms with E-state index in [1.807, 2.05) is 13.8 Å². The van der Waals surface area contributed by atoms with E-state index < -0.39 is 5.60 Å². The molecule has 0 amide bonds. The minimum absolute atomic E-state index is 0.539. The molecule has 4 nitrogen and oxygen atoms in total. The lowest BCUT2D eigenvalue weighted by Gasteiger charge is -2.19. The van der Waals surface area contributed by atoms with Crippen LogP contribution in [0, 0.1) is 0 Å². The Labute approximate surface area is 65.4 Å². The summed E-state index contributed by atoms with van der Waals surface area (Å²) in [7, 11) is 0. The Hall–Kier alpha value is -1.00. The smallest absolute Gasteiger partial charge is 0.126 e. The van der Waals surface area contributed by atoms with Crippen LogP contribution in [0.1, 0.15) is 19.5 Å². The van der Waals surface area contributed by atoms with Crippen molar-refractivity contribution < 1.29 is 4.84 Å². The first-order chi connectivity index (χ1) is 5.17. The van der Waals surface area contributed by atoms with E-state index in [2.05, 4.69) is 9.97 Å². The second kappa shape index (κ2) is 2.94. The average molecular weight is 153 g/mol. The van der Waals surface area contributed by atoms with Crippen molar-refractivity contribution >= 4 is 0 Å². The molecule has 1 heterocycles. The van der Waals surface area contributed by atoms with Crippen LogP contribution in [0.15, 0.2) is 18.6 Å². The maximum absolute atomic E-state index is 5.08. The van der Waals surface area contributed by atoms with Crippen LogP contribution in [-0.2, 0) is 10.4 Å². The van der Waals surface area contributed by atoms with Gasteiger partial charge in [0, 0.05) is 6.20 Å². The Bertz CT molecular complexity index is 222. The van der Waals surface area contributed by atoms with E-state index in [0.717, 1.165) is 5.69 Å². The van der Waals surface area contributed by atoms with Gasteiger partial charge >= 0.3 is 0 Å². The molecule has 0 spiro atoms. The van der Waals surface area contributed by atoms with Crippen molar-refractivity contribution in [2.45, 2.75) is 19.4 Å². The Morgan fingerprint density at radius 3 is 2.73 bits per heavy atom. The Morgan fingerprint density at radius 1 is 1.55 bits per heavy atom. The fraction of sp³-hybridized carbons (Fsp3) is 0.429. The highest BCUT2D eigenvalue weighted by Gasteiger charge is 2.21. The van der Waals surface area contributed by atoms with E-state index in [9.17, 15) is 0 Å². The molecule has 2 N–H and O–H groups in total. The summed E-state index contributed by atoms with van der Waals surface area (Å²) in [6, 6.07) is 1.77. The third kappa shape index (κ3) is 1.72. The molecule has 0 fully saturated rings. The second-order valence-corrected chi connectivity index (χ2v) is 2.72. The predicted molar refractivity (Wildman–Crippen MR) is 40.3 cm³/mol. The SMILES string of the molecule is CC(C)(ON)c1ccncn1. The summed E-state index contributed by atoms with van der Waals surface area (Å²) in [5.41, 5.74) is 0.234. The average Bonchev–Trinajstić information content (AvgIpc) is 2.06. The van der Waals surface area contributed by atoms with Crippen LogP contribution in [0.3, 0.4) is 0 Å². The zero-order valence-electron chi connectivity index (χ0n) is 6.61. The number of hydrogen-bond donors (Lipinski definition) is 1. The molecular formula is C7H11N3O. The number of nitrogens with zero attached hydrogens (tertiary/aromatic N) is 2. The molecule has 0 saturated heterocycles. The van der Waals surface area contributed by atoms with Gasteiger partial charge in [-0.25, -0.2) is 15.9 Å². The highest BCUT2D eigenvalue weighted by molar-refractivity contribution is 5.06. The highest BCUT2D eigenvalue weighted by Crippen LogP contribution is 2.18. The fourth-order valence-corrected chi connectivity index (χ4v) is 0.707. The topological polar surface area (TPSA) is 61.0 Å². The van der Waals surface area contributed by atoms with E-state index in [0.29, 0.717) is 0 Å². The Morgan fingerprint density at radius 2 is 2.27 bits per heavy atom. The van der Waals surface area contributed by atoms with E-state index in [1.165, 1.54) is 6.33 Å². The molecule has 0 aliphatic heterocycles. The van der Waals surface area contributed by atoms with Gasteiger partial charge in [0.15, 0.2) is 0 Å². The third-order valence-electron chi connectivity index (χ3n) is 1.49. The fourth-order valence-electron chi connectivity index (χ4n) is 0.707. The van der Waals surface area contributed by atoms with Crippen molar-refractivity contribution in [1.82, 2.24) is 9.97 Å². The van der Waals surface area contributed by atoms with Crippen molar-refractivity contribution in [1.29, 1.82) is 0 Å². The molecular weight excluding hydrogens is 142 g/mol. The van der Waals surface area contributed by atoms with Gasteiger partial charge in [-0.2, -0.15) is 0 Å². The molecule has 1 aromatic heterocycles. The van der Waals surface area contributed by atoms with Gasteiger partial charge in [-0.15, -0.1) is 0 Å². The molecule has 1 aromatic rings. The molecule has 0 bridgehead atoms. The van der Waals surface area contributed by atoms with Crippen LogP contribution >= 0.6 is 0 Å². The van der Waals surface area contributed by atoms with Gasteiger partial charge in [0.25, 0.3) is 0 Å². The van der Waals surface area contributed by atoms with Gasteiger partial charge in [0.2, 0.25) is 0 Å². The normalized spacial score (nSPS) is 11.5. The van der Waals surface area contributed by atoms with Gasteiger partial charge in [0.05, 0.1) is 5.69 Å². The summed E-state index contributed by atoms with van der Waals surface area (Å²) in [6.07, 6.45) is 3.12. The van der Waals surface area contributed by atoms with Crippen LogP contribution in [0.2, 0.25) is 0 Å². The minimum atomic E-state index is -0.539. The number of hydrogen-bond acceptors (Lipinski definition) is 4. The first-order valence-electron chi connectivity index (χ1n) is 3.31. The van der Waals surface area contributed by atoms with Gasteiger partial charge in [-0.3, -0.25) is 4.84 Å². The molecule has 4 heteroatoms. The number of aromatic nitrogens is 2. The predicted octanol–water partition coefficient (Wildman–Crippen LogP) is 0.602. The zero-order valence-corrected chi connectivity index (χ0v) is 6.61. The van der Waals surface area contributed by atoms with Gasteiger partial charge in [-0.1, -0.05) is 0 Å². The van der Waals surface area contributed by atoms with Crippen LogP contribution in [0.5, 0.6) is 0 Å². The summed E-state index contributed by atoms with van der Waals surface area (Å²) in [5, 5.41) is 0. The van der Waals surface area contributed by atoms with Gasteiger partial charge in [0.1, 0.15) is 11.9 Å². The summed E-state index contributed by atoms with van der Waals surface area (Å²) >= 11 is 0. The largest absolute Gasteiger partial charge is 0.292 e. The van der Waals surface area contributed by atoms with Crippen LogP contribution < -0.4 is 5.90 Å². The Balaban J connectivity index is 2.93. The molecule has 0 radical (unpaired) electrons. The molecule has 0 aromatic carbocycles. The van der Waals surface area contributed by atoms with Gasteiger partial charge < -0.3 is 0 Å². The molecule has 0 aliphatic carbocycles. The summed E-state index contributed by atoms with van der Waals surface area (Å²) < 4.78 is 0. The van der Waals surface area contributed by atoms with Crippen LogP contribution in [0.25, 0.3) is 0 Å². The third-order valence-corrected chi connectivity index (χ3v) is 1.49. The lowest BCUT2D eigenvalue weighted by atomic mass is 10.1. The summed E-state index contributed by atoms with van der Waals surface area (Å²) in [6.45, 7) is 3.69. The van der Waals surface area contributed by atoms with Gasteiger partial charge in [-0.05, 0) is 19.9 Å². The lowest BCUT2D eigenvalue weighted by molar-refractivity contribution is -0.0269. The summed E-state index contributed by atoms with van der Waals surface area (Å²) in [5.74, 6) is 5.08. The van der Waals surface area contributed by atoms with Crippen molar-refractivity contribution in [2.24, 2.45) is 5.90 Å². The van der Waals surface area contributed by atoms with E-state index in [-0.39, 0.29) is 0 Å². The second-order valence-electron chi connectivity index (χ2n) is 2.72. The van der Waals surface area contributed by atoms with Crippen LogP contribution in [0.4, 0.5) is 0 Å². The van der Waals surface area contributed by atoms with E-state index >= 15 is 0 Å². The first kappa shape index (κ1) is 8.10. The van der Waals surface area contributed by atoms with Crippen molar-refractivity contribution in [3.05, 3.63) is 24.3 Å². The van der Waals surface area contributed by atoms with Crippen LogP contribution in [-0.4, -0.2) is 9.97 Å². The molecule has 0 atom stereocenters.